The zero-order valence-corrected chi connectivity index (χ0v) is 16.1. The number of ether oxygens (including phenoxy) is 1. The van der Waals surface area contributed by atoms with Crippen LogP contribution in [0, 0.1) is 13.8 Å². The summed E-state index contributed by atoms with van der Waals surface area (Å²) in [7, 11) is 1.60. The molecule has 0 saturated carbocycles. The summed E-state index contributed by atoms with van der Waals surface area (Å²) < 4.78 is 7.25. The highest BCUT2D eigenvalue weighted by Crippen LogP contribution is 2.23. The molecule has 0 unspecified atom stereocenters. The average molecular weight is 371 g/mol. The number of anilines is 1. The van der Waals surface area contributed by atoms with Gasteiger partial charge in [0.25, 0.3) is 5.91 Å². The van der Waals surface area contributed by atoms with Crippen molar-refractivity contribution >= 4 is 22.6 Å². The quantitative estimate of drug-likeness (QED) is 0.555. The Labute approximate surface area is 163 Å². The van der Waals surface area contributed by atoms with Crippen molar-refractivity contribution in [1.29, 1.82) is 0 Å². The Balaban J connectivity index is 1.64. The van der Waals surface area contributed by atoms with Gasteiger partial charge in [-0.05, 0) is 55.8 Å². The molecule has 28 heavy (non-hydrogen) atoms. The van der Waals surface area contributed by atoms with Crippen molar-refractivity contribution in [3.63, 3.8) is 0 Å². The van der Waals surface area contributed by atoms with Crippen molar-refractivity contribution in [2.24, 2.45) is 0 Å². The maximum atomic E-state index is 12.6. The van der Waals surface area contributed by atoms with Crippen LogP contribution in [0.15, 0.2) is 67.0 Å². The number of nitrogens with zero attached hydrogens (tertiary/aromatic N) is 2. The lowest BCUT2D eigenvalue weighted by Gasteiger charge is -2.10. The lowest BCUT2D eigenvalue weighted by molar-refractivity contribution is 0.102. The molecule has 140 valence electrons. The van der Waals surface area contributed by atoms with E-state index in [0.29, 0.717) is 17.0 Å². The summed E-state index contributed by atoms with van der Waals surface area (Å²) in [6.07, 6.45) is 1.80. The van der Waals surface area contributed by atoms with Gasteiger partial charge in [0.15, 0.2) is 0 Å². The minimum Gasteiger partial charge on any atom is -0.497 e. The number of carbonyl (C=O) groups is 1. The third kappa shape index (κ3) is 3.34. The zero-order valence-electron chi connectivity index (χ0n) is 16.1. The van der Waals surface area contributed by atoms with Gasteiger partial charge in [0.05, 0.1) is 23.8 Å². The smallest absolute Gasteiger partial charge is 0.255 e. The van der Waals surface area contributed by atoms with Crippen LogP contribution < -0.4 is 10.1 Å². The van der Waals surface area contributed by atoms with Gasteiger partial charge in [-0.2, -0.15) is 0 Å². The Kier molecular flexibility index (Phi) is 4.57. The molecule has 1 N–H and O–H groups in total. The van der Waals surface area contributed by atoms with E-state index in [0.717, 1.165) is 16.7 Å². The van der Waals surface area contributed by atoms with E-state index in [1.54, 1.807) is 19.5 Å². The van der Waals surface area contributed by atoms with Crippen LogP contribution in [0.5, 0.6) is 5.75 Å². The molecule has 0 aliphatic carbocycles. The molecule has 5 nitrogen and oxygen atoms in total. The number of nitrogens with one attached hydrogen (secondary N) is 1. The second-order valence-electron chi connectivity index (χ2n) is 6.79. The van der Waals surface area contributed by atoms with Crippen LogP contribution in [0.25, 0.3) is 16.7 Å². The summed E-state index contributed by atoms with van der Waals surface area (Å²) in [4.78, 5) is 17.1. The van der Waals surface area contributed by atoms with E-state index in [1.807, 2.05) is 41.0 Å². The molecule has 0 aliphatic heterocycles. The predicted molar refractivity (Wildman–Crippen MR) is 111 cm³/mol. The number of carbonyl (C=O) groups excluding carboxylic acids is 1. The van der Waals surface area contributed by atoms with Crippen LogP contribution in [-0.2, 0) is 0 Å². The molecule has 0 fully saturated rings. The van der Waals surface area contributed by atoms with Gasteiger partial charge < -0.3 is 10.1 Å². The molecule has 4 aromatic rings. The van der Waals surface area contributed by atoms with Crippen molar-refractivity contribution in [3.05, 3.63) is 83.7 Å². The molecule has 0 saturated heterocycles. The number of methoxy groups -OCH3 is 1. The second-order valence-corrected chi connectivity index (χ2v) is 6.79. The lowest BCUT2D eigenvalue weighted by Crippen LogP contribution is -2.11. The Hall–Kier alpha value is -3.60. The third-order valence-corrected chi connectivity index (χ3v) is 4.75. The molecule has 1 aromatic heterocycles. The average Bonchev–Trinajstić information content (AvgIpc) is 3.11. The summed E-state index contributed by atoms with van der Waals surface area (Å²) in [5, 5.41) is 2.90. The van der Waals surface area contributed by atoms with Crippen LogP contribution in [-0.4, -0.2) is 22.6 Å². The van der Waals surface area contributed by atoms with Crippen LogP contribution in [0.2, 0.25) is 0 Å². The first-order valence-electron chi connectivity index (χ1n) is 9.05. The van der Waals surface area contributed by atoms with Gasteiger partial charge in [-0.1, -0.05) is 23.8 Å². The maximum absolute atomic E-state index is 12.6. The highest BCUT2D eigenvalue weighted by atomic mass is 16.5. The number of aromatic nitrogens is 2. The van der Waals surface area contributed by atoms with Crippen molar-refractivity contribution in [3.8, 4) is 11.4 Å². The molecule has 3 aromatic carbocycles. The molecule has 0 atom stereocenters. The van der Waals surface area contributed by atoms with E-state index in [9.17, 15) is 4.79 Å². The topological polar surface area (TPSA) is 56.1 Å². The number of hydrogen-bond acceptors (Lipinski definition) is 3. The Morgan fingerprint density at radius 3 is 2.68 bits per heavy atom. The minimum absolute atomic E-state index is 0.184. The molecular weight excluding hydrogens is 350 g/mol. The largest absolute Gasteiger partial charge is 0.497 e. The number of aryl methyl sites for hydroxylation is 2. The maximum Gasteiger partial charge on any atom is 0.255 e. The molecule has 4 rings (SSSR count). The van der Waals surface area contributed by atoms with E-state index >= 15 is 0 Å². The zero-order chi connectivity index (χ0) is 19.7. The number of amides is 1. The molecule has 5 heteroatoms. The van der Waals surface area contributed by atoms with Crippen LogP contribution in [0.4, 0.5) is 5.69 Å². The Morgan fingerprint density at radius 1 is 1.04 bits per heavy atom. The number of rotatable bonds is 4. The first kappa shape index (κ1) is 17.8. The monoisotopic (exact) mass is 371 g/mol. The number of imidazole rings is 1. The van der Waals surface area contributed by atoms with Crippen molar-refractivity contribution in [2.45, 2.75) is 13.8 Å². The molecule has 0 aliphatic rings. The Bertz CT molecular complexity index is 1180. The van der Waals surface area contributed by atoms with Crippen LogP contribution >= 0.6 is 0 Å². The van der Waals surface area contributed by atoms with E-state index < -0.39 is 0 Å². The van der Waals surface area contributed by atoms with Crippen LogP contribution in [0.3, 0.4) is 0 Å². The minimum atomic E-state index is -0.184. The molecule has 0 bridgehead atoms. The van der Waals surface area contributed by atoms with Gasteiger partial charge >= 0.3 is 0 Å². The lowest BCUT2D eigenvalue weighted by atomic mass is 10.1. The van der Waals surface area contributed by atoms with Crippen molar-refractivity contribution < 1.29 is 9.53 Å². The fourth-order valence-corrected chi connectivity index (χ4v) is 3.33. The molecule has 1 heterocycles. The van der Waals surface area contributed by atoms with Gasteiger partial charge in [0, 0.05) is 17.3 Å². The summed E-state index contributed by atoms with van der Waals surface area (Å²) in [6.45, 7) is 4.17. The number of fused-ring (bicyclic) bond motifs is 1. The molecule has 0 spiro atoms. The number of benzene rings is 3. The van der Waals surface area contributed by atoms with E-state index in [2.05, 4.69) is 42.3 Å². The Morgan fingerprint density at radius 2 is 1.89 bits per heavy atom. The number of hydrogen-bond donors (Lipinski definition) is 1. The standard InChI is InChI=1S/C23H21N3O2/c1-15-7-9-21(16(2)11-15)26-14-24-20-12-17(8-10-22(20)26)23(27)25-18-5-4-6-19(13-18)28-3/h4-14H,1-3H3,(H,25,27). The van der Waals surface area contributed by atoms with E-state index in [1.165, 1.54) is 11.1 Å². The summed E-state index contributed by atoms with van der Waals surface area (Å²) >= 11 is 0. The summed E-state index contributed by atoms with van der Waals surface area (Å²) in [6, 6.07) is 19.2. The van der Waals surface area contributed by atoms with Crippen molar-refractivity contribution in [1.82, 2.24) is 9.55 Å². The van der Waals surface area contributed by atoms with E-state index in [4.69, 9.17) is 4.74 Å². The molecular formula is C23H21N3O2. The molecule has 0 radical (unpaired) electrons. The van der Waals surface area contributed by atoms with Gasteiger partial charge in [-0.3, -0.25) is 9.36 Å². The van der Waals surface area contributed by atoms with Gasteiger partial charge in [-0.25, -0.2) is 4.98 Å². The third-order valence-electron chi connectivity index (χ3n) is 4.75. The SMILES string of the molecule is COc1cccc(NC(=O)c2ccc3c(c2)ncn3-c2ccc(C)cc2C)c1. The van der Waals surface area contributed by atoms with Gasteiger partial charge in [0.2, 0.25) is 0 Å². The van der Waals surface area contributed by atoms with Gasteiger partial charge in [0.1, 0.15) is 12.1 Å². The fraction of sp³-hybridized carbons (Fsp3) is 0.130. The fourth-order valence-electron chi connectivity index (χ4n) is 3.33. The molecule has 1 amide bonds. The second kappa shape index (κ2) is 7.19. The highest BCUT2D eigenvalue weighted by Gasteiger charge is 2.12. The highest BCUT2D eigenvalue weighted by molar-refractivity contribution is 6.06. The normalized spacial score (nSPS) is 10.8. The van der Waals surface area contributed by atoms with E-state index in [-0.39, 0.29) is 5.91 Å². The summed E-state index contributed by atoms with van der Waals surface area (Å²) in [5.41, 5.74) is 6.47. The van der Waals surface area contributed by atoms with Gasteiger partial charge in [-0.15, -0.1) is 0 Å². The van der Waals surface area contributed by atoms with Crippen LogP contribution in [0.1, 0.15) is 21.5 Å². The predicted octanol–water partition coefficient (Wildman–Crippen LogP) is 4.90. The summed E-state index contributed by atoms with van der Waals surface area (Å²) in [5.74, 6) is 0.511. The first-order chi connectivity index (χ1) is 13.5. The van der Waals surface area contributed by atoms with Crippen molar-refractivity contribution in [2.75, 3.05) is 12.4 Å². The first-order valence-corrected chi connectivity index (χ1v) is 9.05.